The third-order valence-electron chi connectivity index (χ3n) is 3.43. The van der Waals surface area contributed by atoms with Crippen LogP contribution in [-0.2, 0) is 0 Å². The predicted molar refractivity (Wildman–Crippen MR) is 85.2 cm³/mol. The molecule has 0 radical (unpaired) electrons. The van der Waals surface area contributed by atoms with Crippen LogP contribution in [0.5, 0.6) is 0 Å². The molecule has 3 N–H and O–H groups in total. The first-order valence-electron chi connectivity index (χ1n) is 7.20. The summed E-state index contributed by atoms with van der Waals surface area (Å²) < 4.78 is 27.0. The molecule has 0 saturated carbocycles. The van der Waals surface area contributed by atoms with Crippen molar-refractivity contribution in [3.05, 3.63) is 57.8 Å². The van der Waals surface area contributed by atoms with Crippen LogP contribution in [0.4, 0.5) is 13.6 Å². The van der Waals surface area contributed by atoms with E-state index in [1.807, 2.05) is 5.38 Å². The summed E-state index contributed by atoms with van der Waals surface area (Å²) in [6, 6.07) is 3.71. The van der Waals surface area contributed by atoms with Crippen LogP contribution in [0.2, 0.25) is 0 Å². The molecule has 2 rings (SSSR count). The Labute approximate surface area is 137 Å². The number of carbonyl (C=O) groups is 1. The van der Waals surface area contributed by atoms with E-state index < -0.39 is 29.8 Å². The number of aliphatic hydroxyl groups excluding tert-OH is 1. The van der Waals surface area contributed by atoms with E-state index in [2.05, 4.69) is 10.6 Å². The van der Waals surface area contributed by atoms with E-state index in [9.17, 15) is 18.7 Å². The molecule has 2 unspecified atom stereocenters. The Kier molecular flexibility index (Phi) is 6.06. The number of thiophene rings is 1. The molecule has 0 saturated heterocycles. The molecule has 0 aliphatic carbocycles. The van der Waals surface area contributed by atoms with Gasteiger partial charge in [0, 0.05) is 12.1 Å². The molecular formula is C16H18F2N2O2S. The minimum Gasteiger partial charge on any atom is -0.387 e. The maximum Gasteiger partial charge on any atom is 0.315 e. The van der Waals surface area contributed by atoms with E-state index in [1.165, 1.54) is 11.3 Å². The zero-order valence-corrected chi connectivity index (χ0v) is 13.4. The minimum atomic E-state index is -0.807. The number of urea groups is 1. The molecule has 124 valence electrons. The highest BCUT2D eigenvalue weighted by Crippen LogP contribution is 2.21. The summed E-state index contributed by atoms with van der Waals surface area (Å²) >= 11 is 1.45. The number of hydrogen-bond acceptors (Lipinski definition) is 3. The zero-order valence-electron chi connectivity index (χ0n) is 12.6. The predicted octanol–water partition coefficient (Wildman–Crippen LogP) is 3.51. The second-order valence-electron chi connectivity index (χ2n) is 5.05. The highest BCUT2D eigenvalue weighted by Gasteiger charge is 2.18. The second-order valence-corrected chi connectivity index (χ2v) is 5.83. The topological polar surface area (TPSA) is 61.4 Å². The molecule has 0 bridgehead atoms. The molecule has 0 spiro atoms. The summed E-state index contributed by atoms with van der Waals surface area (Å²) in [6.45, 7) is 1.79. The van der Waals surface area contributed by atoms with Crippen LogP contribution in [-0.4, -0.2) is 17.7 Å². The first-order chi connectivity index (χ1) is 11.0. The average Bonchev–Trinajstić information content (AvgIpc) is 3.07. The van der Waals surface area contributed by atoms with Crippen molar-refractivity contribution in [1.82, 2.24) is 10.6 Å². The number of halogens is 2. The van der Waals surface area contributed by atoms with Gasteiger partial charge in [-0.2, -0.15) is 11.3 Å². The van der Waals surface area contributed by atoms with Crippen LogP contribution in [0, 0.1) is 11.6 Å². The first-order valence-corrected chi connectivity index (χ1v) is 8.15. The van der Waals surface area contributed by atoms with Crippen molar-refractivity contribution < 1.29 is 18.7 Å². The Bertz CT molecular complexity index is 650. The van der Waals surface area contributed by atoms with Crippen molar-refractivity contribution in [1.29, 1.82) is 0 Å². The Morgan fingerprint density at radius 3 is 2.78 bits per heavy atom. The summed E-state index contributed by atoms with van der Waals surface area (Å²) in [4.78, 5) is 11.9. The van der Waals surface area contributed by atoms with Gasteiger partial charge in [0.15, 0.2) is 0 Å². The summed E-state index contributed by atoms with van der Waals surface area (Å²) in [5.41, 5.74) is 0.819. The first kappa shape index (κ1) is 17.4. The molecule has 0 aliphatic heterocycles. The standard InChI is InChI=1S/C16H18F2N2O2S/c1-2-14(12-7-11(17)3-4-13(12)18)20-16(22)19-8-15(21)10-5-6-23-9-10/h3-7,9,14-15,21H,2,8H2,1H3,(H2,19,20,22). The molecule has 2 aromatic rings. The molecule has 4 nitrogen and oxygen atoms in total. The fourth-order valence-electron chi connectivity index (χ4n) is 2.16. The van der Waals surface area contributed by atoms with Gasteiger partial charge < -0.3 is 15.7 Å². The monoisotopic (exact) mass is 340 g/mol. The molecule has 7 heteroatoms. The molecule has 0 aliphatic rings. The lowest BCUT2D eigenvalue weighted by Gasteiger charge is -2.19. The molecule has 2 atom stereocenters. The van der Waals surface area contributed by atoms with Crippen LogP contribution >= 0.6 is 11.3 Å². The van der Waals surface area contributed by atoms with E-state index in [0.29, 0.717) is 6.42 Å². The summed E-state index contributed by atoms with van der Waals surface area (Å²) in [5, 5.41) is 18.6. The summed E-state index contributed by atoms with van der Waals surface area (Å²) in [7, 11) is 0. The number of carbonyl (C=O) groups excluding carboxylic acids is 1. The van der Waals surface area contributed by atoms with Crippen molar-refractivity contribution in [2.45, 2.75) is 25.5 Å². The number of amides is 2. The van der Waals surface area contributed by atoms with Gasteiger partial charge in [-0.25, -0.2) is 13.6 Å². The van der Waals surface area contributed by atoms with Crippen molar-refractivity contribution in [2.24, 2.45) is 0 Å². The summed E-state index contributed by atoms with van der Waals surface area (Å²) in [5.74, 6) is -1.13. The Balaban J connectivity index is 1.93. The Morgan fingerprint density at radius 2 is 2.13 bits per heavy atom. The molecule has 1 aromatic heterocycles. The zero-order chi connectivity index (χ0) is 16.8. The van der Waals surface area contributed by atoms with E-state index in [1.54, 1.807) is 18.4 Å². The van der Waals surface area contributed by atoms with Crippen LogP contribution in [0.15, 0.2) is 35.0 Å². The van der Waals surface area contributed by atoms with Crippen LogP contribution < -0.4 is 10.6 Å². The summed E-state index contributed by atoms with van der Waals surface area (Å²) in [6.07, 6.45) is -0.404. The number of nitrogens with one attached hydrogen (secondary N) is 2. The lowest BCUT2D eigenvalue weighted by molar-refractivity contribution is 0.173. The number of rotatable bonds is 6. The van der Waals surface area contributed by atoms with Gasteiger partial charge in [0.1, 0.15) is 11.6 Å². The lowest BCUT2D eigenvalue weighted by atomic mass is 10.0. The highest BCUT2D eigenvalue weighted by molar-refractivity contribution is 7.07. The van der Waals surface area contributed by atoms with Crippen molar-refractivity contribution in [2.75, 3.05) is 6.54 Å². The largest absolute Gasteiger partial charge is 0.387 e. The maximum atomic E-state index is 13.8. The van der Waals surface area contributed by atoms with E-state index in [0.717, 1.165) is 23.8 Å². The molecule has 1 heterocycles. The van der Waals surface area contributed by atoms with Gasteiger partial charge in [-0.15, -0.1) is 0 Å². The molecular weight excluding hydrogens is 322 g/mol. The fourth-order valence-corrected chi connectivity index (χ4v) is 2.87. The van der Waals surface area contributed by atoms with E-state index >= 15 is 0 Å². The molecule has 23 heavy (non-hydrogen) atoms. The van der Waals surface area contributed by atoms with Gasteiger partial charge in [0.05, 0.1) is 12.1 Å². The van der Waals surface area contributed by atoms with E-state index in [4.69, 9.17) is 0 Å². The lowest BCUT2D eigenvalue weighted by Crippen LogP contribution is -2.39. The van der Waals surface area contributed by atoms with E-state index in [-0.39, 0.29) is 12.1 Å². The van der Waals surface area contributed by atoms with Gasteiger partial charge in [0.2, 0.25) is 0 Å². The van der Waals surface area contributed by atoms with Crippen LogP contribution in [0.1, 0.15) is 36.6 Å². The molecule has 2 amide bonds. The average molecular weight is 340 g/mol. The van der Waals surface area contributed by atoms with Gasteiger partial charge >= 0.3 is 6.03 Å². The van der Waals surface area contributed by atoms with Gasteiger partial charge in [-0.3, -0.25) is 0 Å². The fraction of sp³-hybridized carbons (Fsp3) is 0.312. The molecule has 0 fully saturated rings. The van der Waals surface area contributed by atoms with Gasteiger partial charge in [-0.05, 0) is 47.0 Å². The highest BCUT2D eigenvalue weighted by atomic mass is 32.1. The van der Waals surface area contributed by atoms with Gasteiger partial charge in [-0.1, -0.05) is 6.92 Å². The number of aliphatic hydroxyl groups is 1. The quantitative estimate of drug-likeness (QED) is 0.753. The Hall–Kier alpha value is -1.99. The van der Waals surface area contributed by atoms with Crippen LogP contribution in [0.25, 0.3) is 0 Å². The number of hydrogen-bond donors (Lipinski definition) is 3. The smallest absolute Gasteiger partial charge is 0.315 e. The number of benzene rings is 1. The second kappa shape index (κ2) is 8.03. The molecule has 1 aromatic carbocycles. The van der Waals surface area contributed by atoms with Crippen molar-refractivity contribution >= 4 is 17.4 Å². The normalized spacial score (nSPS) is 13.4. The van der Waals surface area contributed by atoms with Gasteiger partial charge in [0.25, 0.3) is 0 Å². The van der Waals surface area contributed by atoms with Crippen LogP contribution in [0.3, 0.4) is 0 Å². The van der Waals surface area contributed by atoms with Crippen molar-refractivity contribution in [3.63, 3.8) is 0 Å². The minimum absolute atomic E-state index is 0.0324. The third-order valence-corrected chi connectivity index (χ3v) is 4.13. The van der Waals surface area contributed by atoms with Crippen molar-refractivity contribution in [3.8, 4) is 0 Å². The third kappa shape index (κ3) is 4.74. The SMILES string of the molecule is CCC(NC(=O)NCC(O)c1ccsc1)c1cc(F)ccc1F. The Morgan fingerprint density at radius 1 is 1.35 bits per heavy atom. The maximum absolute atomic E-state index is 13.8.